The number of nitrogens with zero attached hydrogens (tertiary/aromatic N) is 3. The van der Waals surface area contributed by atoms with E-state index in [9.17, 15) is 0 Å². The first kappa shape index (κ1) is 29.0. The SMILES string of the molecule is [C-]#[N+]c1cc(-c2ccc(-n3c4ccccc4c4ccccc43)cc2)cc([Si](c2ccccc2)(c2ccccc2)c2ccccc2)c1[N+]#[C-]. The summed E-state index contributed by atoms with van der Waals surface area (Å²) in [6, 6.07) is 61.4. The van der Waals surface area contributed by atoms with Gasteiger partial charge in [-0.3, -0.25) is 9.69 Å². The Kier molecular flexibility index (Phi) is 7.27. The van der Waals surface area contributed by atoms with Crippen LogP contribution in [0.15, 0.2) is 176 Å². The molecule has 0 spiro atoms. The molecule has 0 fully saturated rings. The summed E-state index contributed by atoms with van der Waals surface area (Å²) in [4.78, 5) is 8.06. The van der Waals surface area contributed by atoms with Gasteiger partial charge in [0.1, 0.15) is 0 Å². The molecule has 8 rings (SSSR count). The molecule has 7 aromatic carbocycles. The summed E-state index contributed by atoms with van der Waals surface area (Å²) >= 11 is 0. The molecule has 0 bridgehead atoms. The summed E-state index contributed by atoms with van der Waals surface area (Å²) in [7, 11) is -3.05. The molecule has 0 amide bonds. The minimum absolute atomic E-state index is 0.378. The third kappa shape index (κ3) is 4.55. The van der Waals surface area contributed by atoms with Gasteiger partial charge in [-0.25, -0.2) is 0 Å². The zero-order valence-electron chi connectivity index (χ0n) is 26.1. The molecule has 0 aliphatic rings. The first-order valence-corrected chi connectivity index (χ1v) is 17.9. The van der Waals surface area contributed by atoms with E-state index in [1.165, 1.54) is 26.3 Å². The van der Waals surface area contributed by atoms with Crippen molar-refractivity contribution in [1.82, 2.24) is 4.57 Å². The Balaban J connectivity index is 1.38. The number of hydrogen-bond acceptors (Lipinski definition) is 0. The van der Waals surface area contributed by atoms with Crippen LogP contribution in [0.4, 0.5) is 11.4 Å². The molecule has 1 aromatic heterocycles. The largest absolute Gasteiger partial charge is 0.309 e. The second kappa shape index (κ2) is 12.0. The zero-order chi connectivity index (χ0) is 32.5. The normalized spacial score (nSPS) is 11.3. The minimum atomic E-state index is -3.05. The van der Waals surface area contributed by atoms with E-state index in [0.29, 0.717) is 11.4 Å². The van der Waals surface area contributed by atoms with E-state index in [2.05, 4.69) is 166 Å². The van der Waals surface area contributed by atoms with Crippen LogP contribution >= 0.6 is 0 Å². The molecular weight excluding hydrogens is 599 g/mol. The molecule has 0 saturated carbocycles. The molecule has 0 saturated heterocycles. The number of hydrogen-bond donors (Lipinski definition) is 0. The first-order valence-electron chi connectivity index (χ1n) is 15.9. The van der Waals surface area contributed by atoms with E-state index >= 15 is 0 Å². The Morgan fingerprint density at radius 1 is 0.438 bits per heavy atom. The lowest BCUT2D eigenvalue weighted by Crippen LogP contribution is -2.74. The van der Waals surface area contributed by atoms with Crippen LogP contribution in [0.25, 0.3) is 48.3 Å². The predicted molar refractivity (Wildman–Crippen MR) is 202 cm³/mol. The van der Waals surface area contributed by atoms with Crippen molar-refractivity contribution in [2.45, 2.75) is 0 Å². The van der Waals surface area contributed by atoms with Crippen molar-refractivity contribution >= 4 is 62.0 Å². The van der Waals surface area contributed by atoms with Gasteiger partial charge in [0.15, 0.2) is 19.4 Å². The van der Waals surface area contributed by atoms with Crippen molar-refractivity contribution < 1.29 is 0 Å². The lowest BCUT2D eigenvalue weighted by atomic mass is 10.0. The van der Waals surface area contributed by atoms with E-state index in [-0.39, 0.29) is 0 Å². The maximum atomic E-state index is 8.41. The Bertz CT molecular complexity index is 2350. The van der Waals surface area contributed by atoms with Gasteiger partial charge in [-0.2, -0.15) is 0 Å². The first-order chi connectivity index (χ1) is 23.7. The minimum Gasteiger partial charge on any atom is -0.309 e. The van der Waals surface area contributed by atoms with Crippen LogP contribution in [-0.4, -0.2) is 12.6 Å². The van der Waals surface area contributed by atoms with Crippen molar-refractivity contribution in [1.29, 1.82) is 0 Å². The smallest absolute Gasteiger partial charge is 0.195 e. The summed E-state index contributed by atoms with van der Waals surface area (Å²) < 4.78 is 2.31. The second-order valence-electron chi connectivity index (χ2n) is 11.9. The highest BCUT2D eigenvalue weighted by Gasteiger charge is 2.43. The van der Waals surface area contributed by atoms with Crippen molar-refractivity contribution in [2.75, 3.05) is 0 Å². The molecule has 0 radical (unpaired) electrons. The lowest BCUT2D eigenvalue weighted by molar-refractivity contribution is 1.18. The van der Waals surface area contributed by atoms with Gasteiger partial charge in [0.05, 0.1) is 24.2 Å². The van der Waals surface area contributed by atoms with Crippen LogP contribution in [0.1, 0.15) is 0 Å². The summed E-state index contributed by atoms with van der Waals surface area (Å²) in [6.07, 6.45) is 0. The number of aromatic nitrogens is 1. The molecule has 4 heteroatoms. The molecule has 48 heavy (non-hydrogen) atoms. The molecule has 1 heterocycles. The van der Waals surface area contributed by atoms with Gasteiger partial charge >= 0.3 is 0 Å². The van der Waals surface area contributed by atoms with Crippen LogP contribution in [0.3, 0.4) is 0 Å². The van der Waals surface area contributed by atoms with E-state index in [1.807, 2.05) is 24.3 Å². The van der Waals surface area contributed by atoms with Crippen LogP contribution in [-0.2, 0) is 0 Å². The van der Waals surface area contributed by atoms with Gasteiger partial charge in [0.25, 0.3) is 0 Å². The van der Waals surface area contributed by atoms with Crippen molar-refractivity contribution in [3.05, 3.63) is 199 Å². The average molecular weight is 628 g/mol. The molecule has 3 nitrogen and oxygen atoms in total. The zero-order valence-corrected chi connectivity index (χ0v) is 27.1. The van der Waals surface area contributed by atoms with Crippen LogP contribution in [0.5, 0.6) is 0 Å². The second-order valence-corrected chi connectivity index (χ2v) is 15.7. The molecular formula is C44H29N3Si. The number of para-hydroxylation sites is 2. The van der Waals surface area contributed by atoms with Crippen LogP contribution in [0, 0.1) is 13.1 Å². The maximum absolute atomic E-state index is 8.41. The van der Waals surface area contributed by atoms with Gasteiger partial charge in [-0.1, -0.05) is 157 Å². The fourth-order valence-electron chi connectivity index (χ4n) is 7.31. The molecule has 224 valence electrons. The van der Waals surface area contributed by atoms with E-state index < -0.39 is 8.07 Å². The summed E-state index contributed by atoms with van der Waals surface area (Å²) in [6.45, 7) is 16.7. The molecule has 0 unspecified atom stereocenters. The Morgan fingerprint density at radius 3 is 1.35 bits per heavy atom. The lowest BCUT2D eigenvalue weighted by Gasteiger charge is -2.36. The maximum Gasteiger partial charge on any atom is 0.195 e. The van der Waals surface area contributed by atoms with Gasteiger partial charge < -0.3 is 4.57 Å². The van der Waals surface area contributed by atoms with Gasteiger partial charge in [-0.05, 0) is 51.0 Å². The van der Waals surface area contributed by atoms with Gasteiger partial charge in [0, 0.05) is 16.5 Å². The monoisotopic (exact) mass is 627 g/mol. The van der Waals surface area contributed by atoms with Crippen LogP contribution in [0.2, 0.25) is 0 Å². The molecule has 8 aromatic rings. The Labute approximate surface area is 281 Å². The number of benzene rings is 7. The summed E-state index contributed by atoms with van der Waals surface area (Å²) in [5.41, 5.74) is 6.13. The van der Waals surface area contributed by atoms with Crippen LogP contribution < -0.4 is 20.7 Å². The quantitative estimate of drug-likeness (QED) is 0.0993. The van der Waals surface area contributed by atoms with Gasteiger partial charge in [-0.15, -0.1) is 0 Å². The number of rotatable bonds is 6. The highest BCUT2D eigenvalue weighted by atomic mass is 28.3. The third-order valence-electron chi connectivity index (χ3n) is 9.39. The number of fused-ring (bicyclic) bond motifs is 3. The summed E-state index contributed by atoms with van der Waals surface area (Å²) in [5, 5.41) is 6.88. The average Bonchev–Trinajstić information content (AvgIpc) is 3.50. The van der Waals surface area contributed by atoms with E-state index in [1.54, 1.807) is 0 Å². The Morgan fingerprint density at radius 2 is 0.896 bits per heavy atom. The van der Waals surface area contributed by atoms with Crippen molar-refractivity contribution in [2.24, 2.45) is 0 Å². The predicted octanol–water partition coefficient (Wildman–Crippen LogP) is 8.93. The molecule has 0 atom stereocenters. The summed E-state index contributed by atoms with van der Waals surface area (Å²) in [5.74, 6) is 0. The standard InChI is InChI=1S/C44H29N3Si/c1-45-40-30-33(32-26-28-34(29-27-32)47-41-24-14-12-22-38(41)39-23-13-15-25-42(39)47)31-43(44(40)46-2)48(35-16-6-3-7-17-35,36-18-8-4-9-19-36)37-20-10-5-11-21-37/h3-31H. The van der Waals surface area contributed by atoms with E-state index in [4.69, 9.17) is 13.1 Å². The highest BCUT2D eigenvalue weighted by Crippen LogP contribution is 2.36. The molecule has 0 aliphatic heterocycles. The molecule has 0 N–H and O–H groups in total. The fourth-order valence-corrected chi connectivity index (χ4v) is 12.2. The molecule has 0 aliphatic carbocycles. The fraction of sp³-hybridized carbons (Fsp3) is 0. The highest BCUT2D eigenvalue weighted by molar-refractivity contribution is 7.20. The van der Waals surface area contributed by atoms with Crippen molar-refractivity contribution in [3.63, 3.8) is 0 Å². The van der Waals surface area contributed by atoms with Crippen molar-refractivity contribution in [3.8, 4) is 16.8 Å². The van der Waals surface area contributed by atoms with Gasteiger partial charge in [0.2, 0.25) is 0 Å². The Hall–Kier alpha value is -6.46. The topological polar surface area (TPSA) is 13.6 Å². The third-order valence-corrected chi connectivity index (χ3v) is 14.2. The van der Waals surface area contributed by atoms with E-state index in [0.717, 1.165) is 33.0 Å².